The molecule has 0 amide bonds. The van der Waals surface area contributed by atoms with E-state index in [4.69, 9.17) is 4.74 Å². The molecule has 0 aromatic carbocycles. The quantitative estimate of drug-likeness (QED) is 0.616. The number of aliphatic hydroxyl groups is 2. The van der Waals surface area contributed by atoms with Gasteiger partial charge < -0.3 is 14.9 Å². The summed E-state index contributed by atoms with van der Waals surface area (Å²) in [6.07, 6.45) is 5.78. The summed E-state index contributed by atoms with van der Waals surface area (Å²) in [5.41, 5.74) is -0.700. The first-order chi connectivity index (χ1) is 10.8. The molecule has 1 aliphatic heterocycles. The molecule has 2 aliphatic carbocycles. The number of fused-ring (bicyclic) bond motifs is 4. The van der Waals surface area contributed by atoms with E-state index in [0.29, 0.717) is 5.92 Å². The van der Waals surface area contributed by atoms with E-state index in [1.54, 1.807) is 0 Å². The third kappa shape index (κ3) is 2.37. The van der Waals surface area contributed by atoms with E-state index in [9.17, 15) is 15.0 Å². The SMILES string of the molecule is CCCC[C@@H](C)[C@@H]1[C@@H]2C=C[C@H]3[C@H](C)[C@@H](O)[C@@H](O)[C@@H]3[C@]1(C)OC2=O. The van der Waals surface area contributed by atoms with Crippen molar-refractivity contribution in [3.8, 4) is 0 Å². The van der Waals surface area contributed by atoms with Gasteiger partial charge in [0.15, 0.2) is 0 Å². The Morgan fingerprint density at radius 3 is 2.65 bits per heavy atom. The van der Waals surface area contributed by atoms with Crippen molar-refractivity contribution in [1.82, 2.24) is 0 Å². The summed E-state index contributed by atoms with van der Waals surface area (Å²) in [5.74, 6) is -0.156. The molecule has 0 radical (unpaired) electrons. The van der Waals surface area contributed by atoms with E-state index in [-0.39, 0.29) is 35.6 Å². The lowest BCUT2D eigenvalue weighted by atomic mass is 9.66. The molecular weight excluding hydrogens is 292 g/mol. The molecule has 0 aromatic heterocycles. The van der Waals surface area contributed by atoms with Crippen LogP contribution in [0.1, 0.15) is 47.0 Å². The highest BCUT2D eigenvalue weighted by atomic mass is 16.6. The second-order valence-electron chi connectivity index (χ2n) is 8.10. The topological polar surface area (TPSA) is 66.8 Å². The largest absolute Gasteiger partial charge is 0.458 e. The van der Waals surface area contributed by atoms with Crippen molar-refractivity contribution in [3.05, 3.63) is 12.2 Å². The summed E-state index contributed by atoms with van der Waals surface area (Å²) in [6, 6.07) is 0. The minimum absolute atomic E-state index is 0.0206. The van der Waals surface area contributed by atoms with Crippen LogP contribution in [0.4, 0.5) is 0 Å². The highest BCUT2D eigenvalue weighted by Crippen LogP contribution is 2.57. The number of hydrogen-bond donors (Lipinski definition) is 2. The number of unbranched alkanes of at least 4 members (excludes halogenated alkanes) is 1. The fourth-order valence-electron chi connectivity index (χ4n) is 5.54. The zero-order chi connectivity index (χ0) is 16.9. The molecule has 1 heterocycles. The Morgan fingerprint density at radius 1 is 1.30 bits per heavy atom. The molecule has 3 aliphatic rings. The Morgan fingerprint density at radius 2 is 2.00 bits per heavy atom. The van der Waals surface area contributed by atoms with Gasteiger partial charge in [0.05, 0.1) is 18.1 Å². The van der Waals surface area contributed by atoms with Gasteiger partial charge in [0, 0.05) is 11.8 Å². The molecule has 23 heavy (non-hydrogen) atoms. The highest BCUT2D eigenvalue weighted by molar-refractivity contribution is 5.78. The maximum Gasteiger partial charge on any atom is 0.313 e. The van der Waals surface area contributed by atoms with E-state index in [0.717, 1.165) is 19.3 Å². The average Bonchev–Trinajstić information content (AvgIpc) is 2.81. The highest BCUT2D eigenvalue weighted by Gasteiger charge is 2.65. The number of carbonyl (C=O) groups excluding carboxylic acids is 1. The van der Waals surface area contributed by atoms with Crippen LogP contribution in [0.15, 0.2) is 12.2 Å². The average molecular weight is 322 g/mol. The first-order valence-electron chi connectivity index (χ1n) is 9.10. The van der Waals surface area contributed by atoms with Gasteiger partial charge in [0.25, 0.3) is 0 Å². The van der Waals surface area contributed by atoms with Gasteiger partial charge in [-0.05, 0) is 24.7 Å². The third-order valence-corrected chi connectivity index (χ3v) is 6.75. The lowest BCUT2D eigenvalue weighted by Crippen LogP contribution is -2.49. The second kappa shape index (κ2) is 5.89. The van der Waals surface area contributed by atoms with Crippen molar-refractivity contribution >= 4 is 5.97 Å². The standard InChI is InChI=1S/C19H30O4/c1-5-6-7-10(2)14-13-9-8-12-11(3)16(20)17(21)15(12)19(14,4)23-18(13)22/h8-17,20-21H,5-7H2,1-4H3/t10-,11+,12+,13+,14-,15-,16-,17+,19-/m1/s1. The minimum atomic E-state index is -0.838. The molecule has 0 spiro atoms. The Hall–Kier alpha value is -0.870. The number of esters is 1. The summed E-state index contributed by atoms with van der Waals surface area (Å²) in [4.78, 5) is 12.4. The normalized spacial score (nSPS) is 49.7. The summed E-state index contributed by atoms with van der Waals surface area (Å²) in [6.45, 7) is 8.33. The minimum Gasteiger partial charge on any atom is -0.458 e. The van der Waals surface area contributed by atoms with E-state index in [2.05, 4.69) is 19.9 Å². The lowest BCUT2D eigenvalue weighted by Gasteiger charge is -2.41. The Balaban J connectivity index is 2.00. The molecule has 130 valence electrons. The maximum atomic E-state index is 12.4. The Kier molecular flexibility index (Phi) is 4.35. The number of hydrogen-bond acceptors (Lipinski definition) is 4. The smallest absolute Gasteiger partial charge is 0.313 e. The number of allylic oxidation sites excluding steroid dienone is 1. The molecule has 2 bridgehead atoms. The fourth-order valence-corrected chi connectivity index (χ4v) is 5.54. The van der Waals surface area contributed by atoms with Gasteiger partial charge >= 0.3 is 5.97 Å². The summed E-state index contributed by atoms with van der Waals surface area (Å²) >= 11 is 0. The lowest BCUT2D eigenvalue weighted by molar-refractivity contribution is -0.161. The van der Waals surface area contributed by atoms with Crippen molar-refractivity contribution in [2.45, 2.75) is 64.8 Å². The predicted molar refractivity (Wildman–Crippen MR) is 87.5 cm³/mol. The zero-order valence-corrected chi connectivity index (χ0v) is 14.6. The van der Waals surface area contributed by atoms with Crippen LogP contribution in [0, 0.1) is 35.5 Å². The van der Waals surface area contributed by atoms with Crippen LogP contribution in [0.25, 0.3) is 0 Å². The molecule has 9 atom stereocenters. The molecule has 2 N–H and O–H groups in total. The van der Waals surface area contributed by atoms with Gasteiger partial charge in [-0.2, -0.15) is 0 Å². The van der Waals surface area contributed by atoms with E-state index < -0.39 is 17.8 Å². The molecule has 0 aromatic rings. The fraction of sp³-hybridized carbons (Fsp3) is 0.842. The van der Waals surface area contributed by atoms with Crippen molar-refractivity contribution in [2.75, 3.05) is 0 Å². The van der Waals surface area contributed by atoms with Crippen LogP contribution in [-0.4, -0.2) is 34.0 Å². The molecule has 4 heteroatoms. The maximum absolute atomic E-state index is 12.4. The molecule has 4 nitrogen and oxygen atoms in total. The zero-order valence-electron chi connectivity index (χ0n) is 14.6. The van der Waals surface area contributed by atoms with Crippen LogP contribution in [0.3, 0.4) is 0 Å². The van der Waals surface area contributed by atoms with Crippen LogP contribution < -0.4 is 0 Å². The number of carbonyl (C=O) groups is 1. The van der Waals surface area contributed by atoms with Gasteiger partial charge in [-0.1, -0.05) is 52.2 Å². The molecule has 1 saturated heterocycles. The number of aliphatic hydroxyl groups excluding tert-OH is 2. The van der Waals surface area contributed by atoms with Gasteiger partial charge in [-0.15, -0.1) is 0 Å². The molecule has 2 fully saturated rings. The molecule has 1 saturated carbocycles. The van der Waals surface area contributed by atoms with Crippen LogP contribution >= 0.6 is 0 Å². The van der Waals surface area contributed by atoms with Gasteiger partial charge in [-0.25, -0.2) is 0 Å². The number of ether oxygens (including phenoxy) is 1. The predicted octanol–water partition coefficient (Wildman–Crippen LogP) is 2.53. The van der Waals surface area contributed by atoms with Gasteiger partial charge in [0.1, 0.15) is 5.60 Å². The van der Waals surface area contributed by atoms with Crippen molar-refractivity contribution < 1.29 is 19.7 Å². The molecule has 3 rings (SSSR count). The Bertz CT molecular complexity index is 502. The number of rotatable bonds is 4. The van der Waals surface area contributed by atoms with E-state index >= 15 is 0 Å². The summed E-state index contributed by atoms with van der Waals surface area (Å²) in [5, 5.41) is 21.0. The second-order valence-corrected chi connectivity index (χ2v) is 8.10. The molecular formula is C19H30O4. The first kappa shape index (κ1) is 17.0. The Labute approximate surface area is 138 Å². The van der Waals surface area contributed by atoms with Gasteiger partial charge in [-0.3, -0.25) is 4.79 Å². The van der Waals surface area contributed by atoms with E-state index in [1.165, 1.54) is 0 Å². The van der Waals surface area contributed by atoms with Gasteiger partial charge in [0.2, 0.25) is 0 Å². The van der Waals surface area contributed by atoms with E-state index in [1.807, 2.05) is 19.9 Å². The summed E-state index contributed by atoms with van der Waals surface area (Å²) in [7, 11) is 0. The van der Waals surface area contributed by atoms with Crippen LogP contribution in [-0.2, 0) is 9.53 Å². The van der Waals surface area contributed by atoms with Crippen molar-refractivity contribution in [1.29, 1.82) is 0 Å². The van der Waals surface area contributed by atoms with Crippen molar-refractivity contribution in [2.24, 2.45) is 35.5 Å². The first-order valence-corrected chi connectivity index (χ1v) is 9.10. The third-order valence-electron chi connectivity index (χ3n) is 6.75. The molecule has 0 unspecified atom stereocenters. The van der Waals surface area contributed by atoms with Crippen LogP contribution in [0.2, 0.25) is 0 Å². The van der Waals surface area contributed by atoms with Crippen molar-refractivity contribution in [3.63, 3.8) is 0 Å². The monoisotopic (exact) mass is 322 g/mol. The van der Waals surface area contributed by atoms with Crippen LogP contribution in [0.5, 0.6) is 0 Å². The summed E-state index contributed by atoms with van der Waals surface area (Å²) < 4.78 is 5.89.